The van der Waals surface area contributed by atoms with Crippen molar-refractivity contribution in [1.82, 2.24) is 4.98 Å². The van der Waals surface area contributed by atoms with E-state index in [0.717, 1.165) is 17.7 Å². The van der Waals surface area contributed by atoms with Crippen molar-refractivity contribution in [3.8, 4) is 5.75 Å². The average Bonchev–Trinajstić information content (AvgIpc) is 2.40. The molecule has 3 heteroatoms. The first-order valence-electron chi connectivity index (χ1n) is 5.58. The molecule has 0 aliphatic rings. The lowest BCUT2D eigenvalue weighted by Crippen LogP contribution is -2.13. The largest absolute Gasteiger partial charge is 0.497 e. The second-order valence-corrected chi connectivity index (χ2v) is 3.95. The minimum absolute atomic E-state index is 0.0166. The fourth-order valence-electron chi connectivity index (χ4n) is 1.73. The molecule has 0 spiro atoms. The van der Waals surface area contributed by atoms with Gasteiger partial charge in [-0.1, -0.05) is 18.2 Å². The van der Waals surface area contributed by atoms with E-state index in [4.69, 9.17) is 10.5 Å². The van der Waals surface area contributed by atoms with Gasteiger partial charge in [0, 0.05) is 18.4 Å². The summed E-state index contributed by atoms with van der Waals surface area (Å²) in [7, 11) is 1.66. The van der Waals surface area contributed by atoms with Crippen LogP contribution in [0, 0.1) is 0 Å². The lowest BCUT2D eigenvalue weighted by Gasteiger charge is -2.11. The molecule has 0 amide bonds. The maximum atomic E-state index is 6.13. The van der Waals surface area contributed by atoms with Gasteiger partial charge in [0.15, 0.2) is 0 Å². The van der Waals surface area contributed by atoms with Crippen LogP contribution in [0.25, 0.3) is 0 Å². The van der Waals surface area contributed by atoms with Crippen LogP contribution in [-0.4, -0.2) is 12.1 Å². The molecule has 1 aromatic carbocycles. The van der Waals surface area contributed by atoms with Gasteiger partial charge in [0.2, 0.25) is 0 Å². The van der Waals surface area contributed by atoms with Gasteiger partial charge in [0.05, 0.1) is 7.11 Å². The summed E-state index contributed by atoms with van der Waals surface area (Å²) in [5, 5.41) is 0. The monoisotopic (exact) mass is 228 g/mol. The third-order valence-corrected chi connectivity index (χ3v) is 2.73. The summed E-state index contributed by atoms with van der Waals surface area (Å²) in [6.07, 6.45) is 4.37. The molecule has 0 bridgehead atoms. The van der Waals surface area contributed by atoms with Crippen molar-refractivity contribution >= 4 is 0 Å². The molecule has 1 heterocycles. The molecule has 1 atom stereocenters. The first-order chi connectivity index (χ1) is 8.29. The van der Waals surface area contributed by atoms with Gasteiger partial charge in [-0.15, -0.1) is 0 Å². The van der Waals surface area contributed by atoms with Crippen molar-refractivity contribution in [2.45, 2.75) is 12.5 Å². The van der Waals surface area contributed by atoms with E-state index < -0.39 is 0 Å². The van der Waals surface area contributed by atoms with E-state index in [1.54, 1.807) is 13.3 Å². The fraction of sp³-hybridized carbons (Fsp3) is 0.214. The third-order valence-electron chi connectivity index (χ3n) is 2.73. The Labute approximate surface area is 101 Å². The molecule has 2 N–H and O–H groups in total. The molecule has 0 saturated carbocycles. The number of methoxy groups -OCH3 is 1. The third kappa shape index (κ3) is 3.04. The SMILES string of the molecule is COc1ccc(CC(N)c2cccnc2)cc1. The Morgan fingerprint density at radius 1 is 1.24 bits per heavy atom. The Bertz CT molecular complexity index is 453. The first kappa shape index (κ1) is 11.6. The summed E-state index contributed by atoms with van der Waals surface area (Å²) in [4.78, 5) is 4.07. The van der Waals surface area contributed by atoms with Crippen LogP contribution in [0.2, 0.25) is 0 Å². The predicted molar refractivity (Wildman–Crippen MR) is 67.9 cm³/mol. The molecule has 3 nitrogen and oxygen atoms in total. The summed E-state index contributed by atoms with van der Waals surface area (Å²) in [6, 6.07) is 11.9. The maximum Gasteiger partial charge on any atom is 0.118 e. The van der Waals surface area contributed by atoms with Crippen molar-refractivity contribution in [2.75, 3.05) is 7.11 Å². The molecule has 1 unspecified atom stereocenters. The molecular weight excluding hydrogens is 212 g/mol. The second kappa shape index (κ2) is 5.46. The molecule has 0 aliphatic heterocycles. The highest BCUT2D eigenvalue weighted by Gasteiger charge is 2.06. The van der Waals surface area contributed by atoms with E-state index in [9.17, 15) is 0 Å². The van der Waals surface area contributed by atoms with Gasteiger partial charge in [-0.3, -0.25) is 4.98 Å². The van der Waals surface area contributed by atoms with Crippen molar-refractivity contribution in [2.24, 2.45) is 5.73 Å². The second-order valence-electron chi connectivity index (χ2n) is 3.95. The number of nitrogens with zero attached hydrogens (tertiary/aromatic N) is 1. The molecule has 1 aromatic heterocycles. The smallest absolute Gasteiger partial charge is 0.118 e. The van der Waals surface area contributed by atoms with E-state index >= 15 is 0 Å². The number of rotatable bonds is 4. The van der Waals surface area contributed by atoms with Crippen LogP contribution in [0.5, 0.6) is 5.75 Å². The van der Waals surface area contributed by atoms with Gasteiger partial charge in [0.25, 0.3) is 0 Å². The molecule has 88 valence electrons. The zero-order valence-electron chi connectivity index (χ0n) is 9.84. The van der Waals surface area contributed by atoms with E-state index in [0.29, 0.717) is 0 Å². The Morgan fingerprint density at radius 3 is 2.59 bits per heavy atom. The summed E-state index contributed by atoms with van der Waals surface area (Å²) in [6.45, 7) is 0. The predicted octanol–water partition coefficient (Wildman–Crippen LogP) is 2.33. The quantitative estimate of drug-likeness (QED) is 0.873. The van der Waals surface area contributed by atoms with Crippen LogP contribution in [0.3, 0.4) is 0 Å². The number of nitrogens with two attached hydrogens (primary N) is 1. The molecule has 0 saturated heterocycles. The number of hydrogen-bond acceptors (Lipinski definition) is 3. The topological polar surface area (TPSA) is 48.1 Å². The van der Waals surface area contributed by atoms with Gasteiger partial charge >= 0.3 is 0 Å². The number of pyridine rings is 1. The Morgan fingerprint density at radius 2 is 2.00 bits per heavy atom. The number of hydrogen-bond donors (Lipinski definition) is 1. The van der Waals surface area contributed by atoms with Crippen molar-refractivity contribution in [1.29, 1.82) is 0 Å². The van der Waals surface area contributed by atoms with Crippen molar-refractivity contribution in [3.63, 3.8) is 0 Å². The Balaban J connectivity index is 2.05. The maximum absolute atomic E-state index is 6.13. The average molecular weight is 228 g/mol. The lowest BCUT2D eigenvalue weighted by atomic mass is 10.0. The van der Waals surface area contributed by atoms with Gasteiger partial charge < -0.3 is 10.5 Å². The number of aromatic nitrogens is 1. The molecule has 0 fully saturated rings. The summed E-state index contributed by atoms with van der Waals surface area (Å²) in [5.41, 5.74) is 8.38. The molecule has 2 aromatic rings. The molecule has 17 heavy (non-hydrogen) atoms. The standard InChI is InChI=1S/C14H16N2O/c1-17-13-6-4-11(5-7-13)9-14(15)12-3-2-8-16-10-12/h2-8,10,14H,9,15H2,1H3. The Kier molecular flexibility index (Phi) is 3.73. The van der Waals surface area contributed by atoms with E-state index in [-0.39, 0.29) is 6.04 Å². The van der Waals surface area contributed by atoms with Crippen LogP contribution >= 0.6 is 0 Å². The summed E-state index contributed by atoms with van der Waals surface area (Å²) >= 11 is 0. The molecular formula is C14H16N2O. The number of ether oxygens (including phenoxy) is 1. The zero-order valence-corrected chi connectivity index (χ0v) is 9.84. The highest BCUT2D eigenvalue weighted by molar-refractivity contribution is 5.28. The molecule has 0 aliphatic carbocycles. The number of benzene rings is 1. The highest BCUT2D eigenvalue weighted by Crippen LogP contribution is 2.17. The highest BCUT2D eigenvalue weighted by atomic mass is 16.5. The van der Waals surface area contributed by atoms with Crippen LogP contribution in [-0.2, 0) is 6.42 Å². The molecule has 2 rings (SSSR count). The van der Waals surface area contributed by atoms with Gasteiger partial charge in [0.1, 0.15) is 5.75 Å². The van der Waals surface area contributed by atoms with E-state index in [1.807, 2.05) is 42.6 Å². The van der Waals surface area contributed by atoms with Crippen molar-refractivity contribution in [3.05, 3.63) is 59.9 Å². The summed E-state index contributed by atoms with van der Waals surface area (Å²) < 4.78 is 5.12. The van der Waals surface area contributed by atoms with Crippen LogP contribution in [0.15, 0.2) is 48.8 Å². The van der Waals surface area contributed by atoms with Crippen LogP contribution in [0.4, 0.5) is 0 Å². The first-order valence-corrected chi connectivity index (χ1v) is 5.58. The fourth-order valence-corrected chi connectivity index (χ4v) is 1.73. The minimum Gasteiger partial charge on any atom is -0.497 e. The van der Waals surface area contributed by atoms with Crippen molar-refractivity contribution < 1.29 is 4.74 Å². The lowest BCUT2D eigenvalue weighted by molar-refractivity contribution is 0.414. The normalized spacial score (nSPS) is 12.1. The van der Waals surface area contributed by atoms with Gasteiger partial charge in [-0.25, -0.2) is 0 Å². The molecule has 0 radical (unpaired) electrons. The minimum atomic E-state index is -0.0166. The van der Waals surface area contributed by atoms with Gasteiger partial charge in [-0.2, -0.15) is 0 Å². The van der Waals surface area contributed by atoms with Gasteiger partial charge in [-0.05, 0) is 35.7 Å². The zero-order chi connectivity index (χ0) is 12.1. The summed E-state index contributed by atoms with van der Waals surface area (Å²) in [5.74, 6) is 0.865. The van der Waals surface area contributed by atoms with E-state index in [2.05, 4.69) is 4.98 Å². The Hall–Kier alpha value is -1.87. The van der Waals surface area contributed by atoms with Crippen LogP contribution < -0.4 is 10.5 Å². The van der Waals surface area contributed by atoms with E-state index in [1.165, 1.54) is 5.56 Å². The van der Waals surface area contributed by atoms with Crippen LogP contribution in [0.1, 0.15) is 17.2 Å².